The summed E-state index contributed by atoms with van der Waals surface area (Å²) in [5.41, 5.74) is 0.527. The third-order valence-corrected chi connectivity index (χ3v) is 4.15. The minimum absolute atomic E-state index is 0.104. The number of fused-ring (bicyclic) bond motifs is 1. The van der Waals surface area contributed by atoms with Crippen molar-refractivity contribution in [3.05, 3.63) is 47.7 Å². The summed E-state index contributed by atoms with van der Waals surface area (Å²) >= 11 is 5.73. The molecule has 0 saturated heterocycles. The Morgan fingerprint density at radius 1 is 1.10 bits per heavy atom. The molecule has 102 valence electrons. The molecule has 0 aliphatic rings. The molecule has 0 bridgehead atoms. The average molecular weight is 310 g/mol. The Kier molecular flexibility index (Phi) is 3.03. The fourth-order valence-corrected chi connectivity index (χ4v) is 2.72. The molecule has 3 rings (SSSR count). The van der Waals surface area contributed by atoms with Crippen LogP contribution in [0.15, 0.2) is 47.6 Å². The highest BCUT2D eigenvalue weighted by Gasteiger charge is 2.15. The summed E-state index contributed by atoms with van der Waals surface area (Å²) < 4.78 is 28.1. The third-order valence-electron chi connectivity index (χ3n) is 2.52. The Balaban J connectivity index is 1.94. The van der Waals surface area contributed by atoms with Crippen LogP contribution in [0.4, 0.5) is 5.82 Å². The van der Waals surface area contributed by atoms with E-state index in [0.29, 0.717) is 10.7 Å². The molecule has 1 N–H and O–H groups in total. The van der Waals surface area contributed by atoms with E-state index in [4.69, 9.17) is 11.6 Å². The van der Waals surface area contributed by atoms with Crippen molar-refractivity contribution < 1.29 is 8.42 Å². The van der Waals surface area contributed by atoms with Gasteiger partial charge >= 0.3 is 0 Å². The summed E-state index contributed by atoms with van der Waals surface area (Å²) in [5.74, 6) is 0.173. The molecule has 0 aliphatic carbocycles. The lowest BCUT2D eigenvalue weighted by atomic mass is 10.4. The molecular weight excluding hydrogens is 302 g/mol. The standard InChI is InChI=1S/C11H8ClN5O2S/c12-8-1-3-9(4-2-8)20(18,19)16-10-5-6-11-14-13-7-17(11)15-10/h1-7H,(H,15,16). The minimum atomic E-state index is -3.71. The normalized spacial score (nSPS) is 11.7. The van der Waals surface area contributed by atoms with E-state index in [-0.39, 0.29) is 10.7 Å². The quantitative estimate of drug-likeness (QED) is 0.793. The first-order chi connectivity index (χ1) is 9.54. The predicted octanol–water partition coefficient (Wildman–Crippen LogP) is 1.58. The maximum atomic E-state index is 12.2. The van der Waals surface area contributed by atoms with Crippen molar-refractivity contribution in [3.63, 3.8) is 0 Å². The molecule has 0 fully saturated rings. The average Bonchev–Trinajstić information content (AvgIpc) is 2.86. The van der Waals surface area contributed by atoms with Gasteiger partial charge in [0.1, 0.15) is 6.33 Å². The first-order valence-electron chi connectivity index (χ1n) is 5.50. The van der Waals surface area contributed by atoms with Crippen LogP contribution >= 0.6 is 11.6 Å². The molecule has 0 aliphatic heterocycles. The van der Waals surface area contributed by atoms with Crippen LogP contribution < -0.4 is 4.72 Å². The molecule has 7 nitrogen and oxygen atoms in total. The lowest BCUT2D eigenvalue weighted by Gasteiger charge is -2.07. The van der Waals surface area contributed by atoms with Gasteiger partial charge in [-0.15, -0.1) is 15.3 Å². The molecule has 9 heteroatoms. The molecule has 20 heavy (non-hydrogen) atoms. The van der Waals surface area contributed by atoms with Crippen LogP contribution in [0.3, 0.4) is 0 Å². The molecule has 1 aromatic carbocycles. The van der Waals surface area contributed by atoms with Crippen molar-refractivity contribution >= 4 is 33.1 Å². The topological polar surface area (TPSA) is 89.2 Å². The SMILES string of the molecule is O=S(=O)(Nc1ccc2nncn2n1)c1ccc(Cl)cc1. The summed E-state index contributed by atoms with van der Waals surface area (Å²) in [6.45, 7) is 0. The molecule has 2 heterocycles. The fourth-order valence-electron chi connectivity index (χ4n) is 1.59. The molecule has 0 atom stereocenters. The van der Waals surface area contributed by atoms with E-state index in [2.05, 4.69) is 20.0 Å². The number of aromatic nitrogens is 4. The zero-order chi connectivity index (χ0) is 14.2. The van der Waals surface area contributed by atoms with E-state index in [0.717, 1.165) is 0 Å². The predicted molar refractivity (Wildman–Crippen MR) is 73.0 cm³/mol. The van der Waals surface area contributed by atoms with Gasteiger partial charge < -0.3 is 0 Å². The van der Waals surface area contributed by atoms with E-state index < -0.39 is 10.0 Å². The van der Waals surface area contributed by atoms with Gasteiger partial charge in [0.2, 0.25) is 0 Å². The Hall–Kier alpha value is -2.19. The Morgan fingerprint density at radius 3 is 2.60 bits per heavy atom. The number of hydrogen-bond acceptors (Lipinski definition) is 5. The van der Waals surface area contributed by atoms with E-state index in [1.165, 1.54) is 41.2 Å². The number of anilines is 1. The molecule has 0 radical (unpaired) electrons. The van der Waals surface area contributed by atoms with Gasteiger partial charge in [0.15, 0.2) is 11.5 Å². The summed E-state index contributed by atoms with van der Waals surface area (Å²) in [5, 5.41) is 12.0. The number of benzene rings is 1. The van der Waals surface area contributed by atoms with Crippen LogP contribution in [0.5, 0.6) is 0 Å². The van der Waals surface area contributed by atoms with Crippen molar-refractivity contribution in [1.82, 2.24) is 19.8 Å². The number of sulfonamides is 1. The highest BCUT2D eigenvalue weighted by molar-refractivity contribution is 7.92. The summed E-state index contributed by atoms with van der Waals surface area (Å²) in [4.78, 5) is 0.104. The first-order valence-corrected chi connectivity index (χ1v) is 7.36. The number of nitrogens with one attached hydrogen (secondary N) is 1. The molecule has 0 spiro atoms. The zero-order valence-corrected chi connectivity index (χ0v) is 11.5. The van der Waals surface area contributed by atoms with Gasteiger partial charge in [-0.05, 0) is 36.4 Å². The van der Waals surface area contributed by atoms with Crippen molar-refractivity contribution in [3.8, 4) is 0 Å². The van der Waals surface area contributed by atoms with Crippen molar-refractivity contribution in [2.24, 2.45) is 0 Å². The lowest BCUT2D eigenvalue weighted by molar-refractivity contribution is 0.601. The van der Waals surface area contributed by atoms with Gasteiger partial charge in [-0.25, -0.2) is 8.42 Å². The number of nitrogens with zero attached hydrogens (tertiary/aromatic N) is 4. The van der Waals surface area contributed by atoms with Gasteiger partial charge in [0.05, 0.1) is 4.90 Å². The summed E-state index contributed by atoms with van der Waals surface area (Å²) in [6.07, 6.45) is 1.38. The highest BCUT2D eigenvalue weighted by atomic mass is 35.5. The van der Waals surface area contributed by atoms with E-state index in [9.17, 15) is 8.42 Å². The second-order valence-corrected chi connectivity index (χ2v) is 6.03. The van der Waals surface area contributed by atoms with Crippen molar-refractivity contribution in [2.45, 2.75) is 4.90 Å². The summed E-state index contributed by atoms with van der Waals surface area (Å²) in [7, 11) is -3.71. The third kappa shape index (κ3) is 2.43. The van der Waals surface area contributed by atoms with Gasteiger partial charge in [0, 0.05) is 5.02 Å². The van der Waals surface area contributed by atoms with Crippen LogP contribution in [-0.2, 0) is 10.0 Å². The Labute approximate surface area is 119 Å². The molecular formula is C11H8ClN5O2S. The molecule has 0 saturated carbocycles. The van der Waals surface area contributed by atoms with E-state index in [1.54, 1.807) is 6.07 Å². The van der Waals surface area contributed by atoms with E-state index >= 15 is 0 Å². The second kappa shape index (κ2) is 4.73. The van der Waals surface area contributed by atoms with Crippen LogP contribution in [-0.4, -0.2) is 28.2 Å². The zero-order valence-electron chi connectivity index (χ0n) is 9.93. The molecule has 3 aromatic rings. The van der Waals surface area contributed by atoms with Gasteiger partial charge in [-0.3, -0.25) is 4.72 Å². The van der Waals surface area contributed by atoms with Gasteiger partial charge in [-0.1, -0.05) is 11.6 Å². The Bertz CT molecular complexity index is 860. The smallest absolute Gasteiger partial charge is 0.262 e. The number of halogens is 1. The van der Waals surface area contributed by atoms with Crippen LogP contribution in [0, 0.1) is 0 Å². The van der Waals surface area contributed by atoms with Crippen LogP contribution in [0.2, 0.25) is 5.02 Å². The van der Waals surface area contributed by atoms with Gasteiger partial charge in [0.25, 0.3) is 10.0 Å². The largest absolute Gasteiger partial charge is 0.263 e. The second-order valence-electron chi connectivity index (χ2n) is 3.91. The molecule has 0 amide bonds. The molecule has 0 unspecified atom stereocenters. The monoisotopic (exact) mass is 309 g/mol. The fraction of sp³-hybridized carbons (Fsp3) is 0. The molecule has 2 aromatic heterocycles. The maximum Gasteiger partial charge on any atom is 0.263 e. The lowest BCUT2D eigenvalue weighted by Crippen LogP contribution is -2.14. The van der Waals surface area contributed by atoms with E-state index in [1.807, 2.05) is 0 Å². The first kappa shape index (κ1) is 12.8. The summed E-state index contributed by atoms with van der Waals surface area (Å²) in [6, 6.07) is 8.97. The van der Waals surface area contributed by atoms with Crippen LogP contribution in [0.25, 0.3) is 5.65 Å². The minimum Gasteiger partial charge on any atom is -0.262 e. The van der Waals surface area contributed by atoms with Crippen molar-refractivity contribution in [1.29, 1.82) is 0 Å². The van der Waals surface area contributed by atoms with Crippen molar-refractivity contribution in [2.75, 3.05) is 4.72 Å². The maximum absolute atomic E-state index is 12.2. The van der Waals surface area contributed by atoms with Crippen LogP contribution in [0.1, 0.15) is 0 Å². The number of rotatable bonds is 3. The number of hydrogen-bond donors (Lipinski definition) is 1. The highest BCUT2D eigenvalue weighted by Crippen LogP contribution is 2.17. The Morgan fingerprint density at radius 2 is 1.85 bits per heavy atom. The van der Waals surface area contributed by atoms with Gasteiger partial charge in [-0.2, -0.15) is 4.52 Å².